The first-order valence-corrected chi connectivity index (χ1v) is 14.1. The summed E-state index contributed by atoms with van der Waals surface area (Å²) in [5.41, 5.74) is 2.81. The van der Waals surface area contributed by atoms with Crippen molar-refractivity contribution >= 4 is 68.1 Å². The smallest absolute Gasteiger partial charge is 0.338 e. The van der Waals surface area contributed by atoms with Crippen molar-refractivity contribution in [2.75, 3.05) is 20.3 Å². The number of nitrogens with zero attached hydrogens (tertiary/aromatic N) is 2. The number of aliphatic imine (C=N–C) groups is 1. The lowest BCUT2D eigenvalue weighted by Gasteiger charge is -2.15. The molecule has 1 fully saturated rings. The van der Waals surface area contributed by atoms with E-state index in [1.54, 1.807) is 44.3 Å². The molecule has 39 heavy (non-hydrogen) atoms. The van der Waals surface area contributed by atoms with Crippen LogP contribution < -0.4 is 9.47 Å². The van der Waals surface area contributed by atoms with Crippen molar-refractivity contribution in [2.24, 2.45) is 4.99 Å². The average Bonchev–Trinajstić information content (AvgIpc) is 3.17. The number of rotatable bonds is 9. The zero-order valence-corrected chi connectivity index (χ0v) is 24.7. The highest BCUT2D eigenvalue weighted by Gasteiger charge is 2.30. The first-order valence-electron chi connectivity index (χ1n) is 12.2. The summed E-state index contributed by atoms with van der Waals surface area (Å²) in [4.78, 5) is 31.5. The van der Waals surface area contributed by atoms with E-state index in [1.165, 1.54) is 16.7 Å². The van der Waals surface area contributed by atoms with Gasteiger partial charge in [0.2, 0.25) is 0 Å². The quantitative estimate of drug-likeness (QED) is 0.180. The normalized spacial score (nSPS) is 15.2. The van der Waals surface area contributed by atoms with Crippen LogP contribution in [0.2, 0.25) is 5.02 Å². The van der Waals surface area contributed by atoms with Gasteiger partial charge in [0.05, 0.1) is 33.8 Å². The van der Waals surface area contributed by atoms with Gasteiger partial charge in [0.1, 0.15) is 6.61 Å². The molecule has 1 aliphatic rings. The second-order valence-electron chi connectivity index (χ2n) is 8.31. The van der Waals surface area contributed by atoms with E-state index in [0.717, 1.165) is 11.1 Å². The van der Waals surface area contributed by atoms with Gasteiger partial charge in [0.25, 0.3) is 5.91 Å². The van der Waals surface area contributed by atoms with Gasteiger partial charge in [-0.2, -0.15) is 0 Å². The lowest BCUT2D eigenvalue weighted by atomic mass is 10.1. The lowest BCUT2D eigenvalue weighted by molar-refractivity contribution is -0.121. The van der Waals surface area contributed by atoms with Crippen LogP contribution in [0, 0.1) is 0 Å². The van der Waals surface area contributed by atoms with Crippen molar-refractivity contribution in [1.82, 2.24) is 4.90 Å². The Hall–Kier alpha value is -3.27. The predicted octanol–water partition coefficient (Wildman–Crippen LogP) is 7.49. The minimum absolute atomic E-state index is 0.168. The molecule has 0 spiro atoms. The van der Waals surface area contributed by atoms with Gasteiger partial charge < -0.3 is 14.2 Å². The van der Waals surface area contributed by atoms with Gasteiger partial charge >= 0.3 is 5.97 Å². The van der Waals surface area contributed by atoms with Crippen molar-refractivity contribution in [3.63, 3.8) is 0 Å². The van der Waals surface area contributed by atoms with Crippen molar-refractivity contribution in [1.29, 1.82) is 0 Å². The second kappa shape index (κ2) is 13.2. The Morgan fingerprint density at radius 2 is 1.77 bits per heavy atom. The summed E-state index contributed by atoms with van der Waals surface area (Å²) in [6.07, 6.45) is 1.80. The molecule has 202 valence electrons. The van der Waals surface area contributed by atoms with Crippen LogP contribution in [0.3, 0.4) is 0 Å². The maximum absolute atomic E-state index is 13.0. The number of thioether (sulfide) groups is 1. The Labute approximate surface area is 244 Å². The third-order valence-corrected chi connectivity index (χ3v) is 7.43. The van der Waals surface area contributed by atoms with Crippen molar-refractivity contribution in [2.45, 2.75) is 20.5 Å². The van der Waals surface area contributed by atoms with Crippen LogP contribution in [-0.2, 0) is 16.1 Å². The van der Waals surface area contributed by atoms with E-state index in [1.807, 2.05) is 43.3 Å². The highest BCUT2D eigenvalue weighted by Crippen LogP contribution is 2.40. The van der Waals surface area contributed by atoms with Gasteiger partial charge in [-0.05, 0) is 107 Å². The number of amides is 1. The molecule has 1 heterocycles. The van der Waals surface area contributed by atoms with Gasteiger partial charge in [0.15, 0.2) is 16.7 Å². The summed E-state index contributed by atoms with van der Waals surface area (Å²) in [5, 5.41) is 1.19. The summed E-state index contributed by atoms with van der Waals surface area (Å²) in [6, 6.07) is 17.9. The largest absolute Gasteiger partial charge is 0.490 e. The first kappa shape index (κ1) is 28.7. The van der Waals surface area contributed by atoms with Crippen LogP contribution >= 0.6 is 39.3 Å². The van der Waals surface area contributed by atoms with Gasteiger partial charge in [0, 0.05) is 12.1 Å². The number of carbonyl (C=O) groups excluding carboxylic acids is 2. The molecule has 1 saturated heterocycles. The van der Waals surface area contributed by atoms with Crippen molar-refractivity contribution in [3.05, 3.63) is 91.8 Å². The second-order valence-corrected chi connectivity index (χ2v) is 10.6. The van der Waals surface area contributed by atoms with E-state index in [9.17, 15) is 9.59 Å². The fourth-order valence-electron chi connectivity index (χ4n) is 3.61. The summed E-state index contributed by atoms with van der Waals surface area (Å²) >= 11 is 10.8. The van der Waals surface area contributed by atoms with Gasteiger partial charge in [-0.1, -0.05) is 23.7 Å². The molecule has 3 aromatic rings. The molecule has 1 aliphatic heterocycles. The van der Waals surface area contributed by atoms with E-state index >= 15 is 0 Å². The first-order chi connectivity index (χ1) is 18.8. The molecule has 0 aliphatic carbocycles. The standard InChI is InChI=1S/C29H26BrClN2O5S/c1-4-36-24-15-19(14-23(30)26(24)38-17-18-6-10-21(31)11-7-18)16-25-27(34)33(3)29(39-25)32-22-12-8-20(9-13-22)28(35)37-5-2/h6-16H,4-5,17H2,1-3H3/b25-16-,32-29?. The summed E-state index contributed by atoms with van der Waals surface area (Å²) in [6.45, 7) is 4.76. The fraction of sp³-hybridized carbons (Fsp3) is 0.207. The summed E-state index contributed by atoms with van der Waals surface area (Å²) in [5.74, 6) is 0.583. The molecule has 0 aromatic heterocycles. The highest BCUT2D eigenvalue weighted by atomic mass is 79.9. The number of amidine groups is 1. The number of benzene rings is 3. The van der Waals surface area contributed by atoms with Crippen LogP contribution in [-0.4, -0.2) is 42.2 Å². The number of hydrogen-bond acceptors (Lipinski definition) is 7. The molecular formula is C29H26BrClN2O5S. The molecule has 0 saturated carbocycles. The van der Waals surface area contributed by atoms with E-state index in [2.05, 4.69) is 20.9 Å². The van der Waals surface area contributed by atoms with Crippen LogP contribution in [0.25, 0.3) is 6.08 Å². The molecule has 7 nitrogen and oxygen atoms in total. The molecule has 0 atom stereocenters. The molecular weight excluding hydrogens is 604 g/mol. The van der Waals surface area contributed by atoms with E-state index in [4.69, 9.17) is 25.8 Å². The number of halogens is 2. The Balaban J connectivity index is 1.54. The van der Waals surface area contributed by atoms with Crippen LogP contribution in [0.5, 0.6) is 11.5 Å². The number of hydrogen-bond donors (Lipinski definition) is 0. The molecule has 3 aromatic carbocycles. The average molecular weight is 630 g/mol. The zero-order valence-electron chi connectivity index (χ0n) is 21.6. The SMILES string of the molecule is CCOC(=O)c1ccc(N=C2S/C(=C\c3cc(Br)c(OCc4ccc(Cl)cc4)c(OCC)c3)C(=O)N2C)cc1. The molecule has 0 radical (unpaired) electrons. The van der Waals surface area contributed by atoms with Crippen molar-refractivity contribution in [3.8, 4) is 11.5 Å². The maximum Gasteiger partial charge on any atom is 0.338 e. The van der Waals surface area contributed by atoms with E-state index in [0.29, 0.717) is 62.1 Å². The number of ether oxygens (including phenoxy) is 3. The van der Waals surface area contributed by atoms with Crippen LogP contribution in [0.1, 0.15) is 35.3 Å². The van der Waals surface area contributed by atoms with Gasteiger partial charge in [-0.3, -0.25) is 9.69 Å². The maximum atomic E-state index is 13.0. The third kappa shape index (κ3) is 7.23. The molecule has 0 unspecified atom stereocenters. The molecule has 1 amide bonds. The van der Waals surface area contributed by atoms with E-state index in [-0.39, 0.29) is 11.9 Å². The predicted molar refractivity (Wildman–Crippen MR) is 159 cm³/mol. The highest BCUT2D eigenvalue weighted by molar-refractivity contribution is 9.10. The Kier molecular flexibility index (Phi) is 9.72. The lowest BCUT2D eigenvalue weighted by Crippen LogP contribution is -2.23. The number of likely N-dealkylation sites (N-methyl/N-ethyl adjacent to an activating group) is 1. The minimum Gasteiger partial charge on any atom is -0.490 e. The number of carbonyl (C=O) groups is 2. The molecule has 4 rings (SSSR count). The van der Waals surface area contributed by atoms with Crippen molar-refractivity contribution < 1.29 is 23.8 Å². The van der Waals surface area contributed by atoms with Gasteiger partial charge in [-0.25, -0.2) is 9.79 Å². The zero-order chi connectivity index (χ0) is 27.9. The Morgan fingerprint density at radius 3 is 2.44 bits per heavy atom. The topological polar surface area (TPSA) is 77.4 Å². The molecule has 10 heteroatoms. The monoisotopic (exact) mass is 628 g/mol. The fourth-order valence-corrected chi connectivity index (χ4v) is 5.30. The third-order valence-electron chi connectivity index (χ3n) is 5.53. The minimum atomic E-state index is -0.386. The Morgan fingerprint density at radius 1 is 1.05 bits per heavy atom. The van der Waals surface area contributed by atoms with Gasteiger partial charge in [-0.15, -0.1) is 0 Å². The Bertz CT molecular complexity index is 1420. The summed E-state index contributed by atoms with van der Waals surface area (Å²) in [7, 11) is 1.68. The van der Waals surface area contributed by atoms with E-state index < -0.39 is 0 Å². The number of esters is 1. The van der Waals surface area contributed by atoms with Crippen LogP contribution in [0.4, 0.5) is 5.69 Å². The summed E-state index contributed by atoms with van der Waals surface area (Å²) < 4.78 is 17.6. The molecule has 0 N–H and O–H groups in total. The van der Waals surface area contributed by atoms with Crippen LogP contribution in [0.15, 0.2) is 75.0 Å². The molecule has 0 bridgehead atoms.